The number of carbonyl (C=O) groups is 7. The third kappa shape index (κ3) is 11.6. The van der Waals surface area contributed by atoms with Crippen molar-refractivity contribution in [3.05, 3.63) is 41.2 Å². The van der Waals surface area contributed by atoms with E-state index in [0.717, 1.165) is 16.0 Å². The van der Waals surface area contributed by atoms with Crippen molar-refractivity contribution < 1.29 is 38.3 Å². The molecule has 6 amide bonds. The number of para-hydroxylation sites is 1. The van der Waals surface area contributed by atoms with Crippen LogP contribution in [-0.4, -0.2) is 102 Å². The molecule has 1 aliphatic rings. The smallest absolute Gasteiger partial charge is 0.331 e. The van der Waals surface area contributed by atoms with Crippen molar-refractivity contribution in [3.8, 4) is 0 Å². The van der Waals surface area contributed by atoms with Gasteiger partial charge in [-0.2, -0.15) is 0 Å². The second-order valence-electron chi connectivity index (χ2n) is 20.5. The molecule has 0 spiro atoms. The van der Waals surface area contributed by atoms with Crippen LogP contribution in [0, 0.1) is 5.21 Å². The maximum Gasteiger partial charge on any atom is 0.331 e. The number of hydrogen-bond donors (Lipinski definition) is 7. The summed E-state index contributed by atoms with van der Waals surface area (Å²) in [6, 6.07) is 6.12. The molecule has 60 heavy (non-hydrogen) atoms. The Labute approximate surface area is 353 Å². The molecule has 17 heteroatoms. The minimum Gasteiger partial charge on any atom is -0.784 e. The summed E-state index contributed by atoms with van der Waals surface area (Å²) in [6.45, 7) is 24.7. The van der Waals surface area contributed by atoms with Gasteiger partial charge in [-0.25, -0.2) is 4.79 Å². The van der Waals surface area contributed by atoms with E-state index in [4.69, 9.17) is 4.74 Å². The van der Waals surface area contributed by atoms with E-state index in [9.17, 15) is 38.8 Å². The number of nitrogens with zero attached hydrogens (tertiary/aromatic N) is 1. The van der Waals surface area contributed by atoms with Crippen molar-refractivity contribution in [3.63, 3.8) is 0 Å². The van der Waals surface area contributed by atoms with Crippen LogP contribution in [0.15, 0.2) is 30.5 Å². The van der Waals surface area contributed by atoms with Gasteiger partial charge in [0.25, 0.3) is 0 Å². The number of H-pyrrole nitrogens is 1. The number of fused-ring (bicyclic) bond motifs is 1. The summed E-state index contributed by atoms with van der Waals surface area (Å²) in [6.07, 6.45) is 1.62. The summed E-state index contributed by atoms with van der Waals surface area (Å²) in [4.78, 5) is 98.4. The number of rotatable bonds is 14. The number of aromatic nitrogens is 1. The van der Waals surface area contributed by atoms with Gasteiger partial charge < -0.3 is 51.9 Å². The van der Waals surface area contributed by atoms with Crippen molar-refractivity contribution >= 4 is 52.3 Å². The first-order valence-electron chi connectivity index (χ1n) is 20.1. The number of hydroxylamine groups is 2. The van der Waals surface area contributed by atoms with Gasteiger partial charge in [0.05, 0.1) is 0 Å². The molecule has 1 saturated heterocycles. The van der Waals surface area contributed by atoms with Crippen molar-refractivity contribution in [1.29, 1.82) is 0 Å². The van der Waals surface area contributed by atoms with Crippen LogP contribution < -0.4 is 31.9 Å². The van der Waals surface area contributed by atoms with Gasteiger partial charge in [0.2, 0.25) is 35.4 Å². The van der Waals surface area contributed by atoms with Gasteiger partial charge in [0.1, 0.15) is 39.3 Å². The van der Waals surface area contributed by atoms with Crippen molar-refractivity contribution in [2.24, 2.45) is 0 Å². The molecule has 1 atom stereocenters. The Balaban J connectivity index is 1.87. The average Bonchev–Trinajstić information content (AvgIpc) is 3.47. The van der Waals surface area contributed by atoms with Crippen LogP contribution in [0.25, 0.3) is 10.9 Å². The number of amides is 6. The molecule has 1 aliphatic heterocycles. The number of carbonyl (C=O) groups excluding carboxylic acids is 7. The molecule has 1 fully saturated rings. The van der Waals surface area contributed by atoms with Gasteiger partial charge in [-0.1, -0.05) is 18.2 Å². The Morgan fingerprint density at radius 3 is 1.73 bits per heavy atom. The summed E-state index contributed by atoms with van der Waals surface area (Å²) in [5, 5.41) is 31.2. The number of aromatic amines is 1. The van der Waals surface area contributed by atoms with Crippen molar-refractivity contribution in [2.75, 3.05) is 0 Å². The number of esters is 1. The molecule has 0 unspecified atom stereocenters. The van der Waals surface area contributed by atoms with Crippen molar-refractivity contribution in [2.45, 2.75) is 180 Å². The first-order valence-corrected chi connectivity index (χ1v) is 20.1. The monoisotopic (exact) mass is 840 g/mol. The molecule has 0 aliphatic carbocycles. The lowest BCUT2D eigenvalue weighted by molar-refractivity contribution is -0.163. The van der Waals surface area contributed by atoms with Crippen molar-refractivity contribution in [1.82, 2.24) is 41.9 Å². The second-order valence-corrected chi connectivity index (χ2v) is 20.5. The number of ether oxygens (including phenoxy) is 1. The van der Waals surface area contributed by atoms with E-state index in [1.807, 2.05) is 24.3 Å². The molecule has 2 aromatic rings. The Morgan fingerprint density at radius 1 is 0.733 bits per heavy atom. The minimum atomic E-state index is -1.67. The molecule has 3 rings (SSSR count). The maximum absolute atomic E-state index is 14.2. The first-order chi connectivity index (χ1) is 27.0. The molecule has 7 N–H and O–H groups in total. The average molecular weight is 840 g/mol. The SMILES string of the molecule is CC(=O)NC1(C(=O)NC(C)(C)C(=O)NC(C)(C)C(=O)N[C@@H](Cc2c[nH]c3ccccc23)C(=O)NC(C)(C)C(=O)NC(C)(C)C(=O)OC(C)(C)C)CC(C)(C)N([O-])C(C)(C)C1. The minimum absolute atomic E-state index is 0.0209. The normalized spacial score (nSPS) is 17.4. The Morgan fingerprint density at radius 2 is 1.22 bits per heavy atom. The molecule has 0 saturated carbocycles. The first kappa shape index (κ1) is 49.3. The van der Waals surface area contributed by atoms with Crippen LogP contribution in [0.4, 0.5) is 0 Å². The Kier molecular flexibility index (Phi) is 13.8. The fourth-order valence-corrected chi connectivity index (χ4v) is 7.52. The van der Waals surface area contributed by atoms with E-state index in [2.05, 4.69) is 36.9 Å². The Bertz CT molecular complexity index is 1990. The molecule has 2 heterocycles. The molecular weight excluding hydrogens is 773 g/mol. The quantitative estimate of drug-likeness (QED) is 0.137. The van der Waals surface area contributed by atoms with Crippen LogP contribution >= 0.6 is 0 Å². The highest BCUT2D eigenvalue weighted by molar-refractivity contribution is 6.01. The standard InChI is InChI=1S/C43H67N8O9/c1-25(52)46-43(23-37(5,6)51(59)38(7,8)24-43)34(57)50-41(13,14)33(56)48-39(9,10)31(54)45-29(21-26-22-44-28-20-18-17-19-27(26)28)30(53)47-40(11,12)32(55)49-42(15,16)35(58)60-36(2,3)4/h17-20,22,29,44H,21,23-24H2,1-16H3,(H,45,54)(H,46,52)(H,47,53)(H,48,56)(H,49,55)(H,50,57)/q-1/t29-/m0/s1. The third-order valence-corrected chi connectivity index (χ3v) is 10.5. The summed E-state index contributed by atoms with van der Waals surface area (Å²) in [7, 11) is 0. The highest BCUT2D eigenvalue weighted by atomic mass is 16.6. The largest absolute Gasteiger partial charge is 0.784 e. The number of nitrogens with one attached hydrogen (secondary N) is 7. The fourth-order valence-electron chi connectivity index (χ4n) is 7.52. The van der Waals surface area contributed by atoms with Gasteiger partial charge in [0.15, 0.2) is 0 Å². The van der Waals surface area contributed by atoms with E-state index in [1.165, 1.54) is 62.3 Å². The molecule has 334 valence electrons. The summed E-state index contributed by atoms with van der Waals surface area (Å²) < 4.78 is 5.47. The number of benzene rings is 1. The topological polar surface area (TPSA) is 243 Å². The second kappa shape index (κ2) is 16.8. The molecule has 0 radical (unpaired) electrons. The predicted octanol–water partition coefficient (Wildman–Crippen LogP) is 3.14. The molecule has 1 aromatic heterocycles. The Hall–Kier alpha value is -5.03. The fraction of sp³-hybridized carbons (Fsp3) is 0.651. The van der Waals surface area contributed by atoms with Crippen LogP contribution in [0.1, 0.15) is 129 Å². The van der Waals surface area contributed by atoms with Gasteiger partial charge in [-0.3, -0.25) is 28.8 Å². The van der Waals surface area contributed by atoms with Gasteiger partial charge in [-0.05, 0) is 128 Å². The van der Waals surface area contributed by atoms with Crippen LogP contribution in [-0.2, 0) is 44.7 Å². The maximum atomic E-state index is 14.2. The lowest BCUT2D eigenvalue weighted by atomic mass is 9.69. The molecule has 17 nitrogen and oxygen atoms in total. The van der Waals surface area contributed by atoms with Gasteiger partial charge >= 0.3 is 5.97 Å². The number of hydrogen-bond acceptors (Lipinski definition) is 10. The van der Waals surface area contributed by atoms with Crippen LogP contribution in [0.2, 0.25) is 0 Å². The molecule has 1 aromatic carbocycles. The molecule has 0 bridgehead atoms. The van der Waals surface area contributed by atoms with E-state index < -0.39 is 91.8 Å². The van der Waals surface area contributed by atoms with E-state index >= 15 is 0 Å². The van der Waals surface area contributed by atoms with E-state index in [-0.39, 0.29) is 19.3 Å². The zero-order chi connectivity index (χ0) is 46.2. The zero-order valence-electron chi connectivity index (χ0n) is 38.2. The lowest BCUT2D eigenvalue weighted by Crippen LogP contribution is -2.74. The summed E-state index contributed by atoms with van der Waals surface area (Å²) in [5.41, 5.74) is -9.33. The third-order valence-electron chi connectivity index (χ3n) is 10.5. The predicted molar refractivity (Wildman–Crippen MR) is 228 cm³/mol. The zero-order valence-corrected chi connectivity index (χ0v) is 38.2. The van der Waals surface area contributed by atoms with Gasteiger partial charge in [-0.15, -0.1) is 0 Å². The van der Waals surface area contributed by atoms with Gasteiger partial charge in [0, 0.05) is 41.5 Å². The summed E-state index contributed by atoms with van der Waals surface area (Å²) >= 11 is 0. The lowest BCUT2D eigenvalue weighted by Gasteiger charge is -2.62. The highest BCUT2D eigenvalue weighted by Gasteiger charge is 2.54. The van der Waals surface area contributed by atoms with E-state index in [1.54, 1.807) is 54.7 Å². The van der Waals surface area contributed by atoms with Crippen LogP contribution in [0.3, 0.4) is 0 Å². The van der Waals surface area contributed by atoms with E-state index in [0.29, 0.717) is 5.56 Å². The van der Waals surface area contributed by atoms with Crippen LogP contribution in [0.5, 0.6) is 0 Å². The molecular formula is C43H67N8O9-. The summed E-state index contributed by atoms with van der Waals surface area (Å²) in [5.74, 6) is -4.76. The highest BCUT2D eigenvalue weighted by Crippen LogP contribution is 2.43. The number of piperidine rings is 1.